The molecule has 2 aromatic carbocycles. The van der Waals surface area contributed by atoms with Crippen LogP contribution in [0.15, 0.2) is 42.5 Å². The van der Waals surface area contributed by atoms with Crippen molar-refractivity contribution in [1.29, 1.82) is 0 Å². The van der Waals surface area contributed by atoms with E-state index in [4.69, 9.17) is 14.2 Å². The first-order valence-electron chi connectivity index (χ1n) is 9.88. The van der Waals surface area contributed by atoms with Crippen LogP contribution in [0.5, 0.6) is 11.5 Å². The fourth-order valence-corrected chi connectivity index (χ4v) is 3.95. The molecule has 0 aromatic heterocycles. The molecular formula is C23H28N2O5. The predicted octanol–water partition coefficient (Wildman–Crippen LogP) is 2.77. The molecule has 0 bridgehead atoms. The number of carbonyl (C=O) groups is 2. The van der Waals surface area contributed by atoms with Crippen LogP contribution >= 0.6 is 0 Å². The largest absolute Gasteiger partial charge is 0.493 e. The molecule has 1 aliphatic rings. The van der Waals surface area contributed by atoms with Crippen molar-refractivity contribution in [2.24, 2.45) is 0 Å². The topological polar surface area (TPSA) is 77.1 Å². The minimum Gasteiger partial charge on any atom is -0.493 e. The third-order valence-electron chi connectivity index (χ3n) is 5.44. The van der Waals surface area contributed by atoms with Crippen LogP contribution in [0.3, 0.4) is 0 Å². The van der Waals surface area contributed by atoms with Crippen LogP contribution in [0.4, 0.5) is 0 Å². The number of rotatable bonds is 8. The standard InChI is InChI=1S/C23H28N2O5/c1-25-21(15-10-11-18(29-3)19(14-15)30-4)20(22(26)24-12-7-13-28-2)16-8-5-6-9-17(16)23(25)27/h5-6,8-11,14,20-21H,7,12-13H2,1-4H3,(H,24,26)/t20-,21+/m1/s1. The van der Waals surface area contributed by atoms with Crippen molar-refractivity contribution < 1.29 is 23.8 Å². The molecule has 0 fully saturated rings. The van der Waals surface area contributed by atoms with Crippen LogP contribution in [-0.4, -0.2) is 58.2 Å². The maximum Gasteiger partial charge on any atom is 0.254 e. The Kier molecular flexibility index (Phi) is 6.95. The molecule has 160 valence electrons. The number of hydrogen-bond donors (Lipinski definition) is 1. The summed E-state index contributed by atoms with van der Waals surface area (Å²) >= 11 is 0. The van der Waals surface area contributed by atoms with E-state index in [1.54, 1.807) is 45.4 Å². The first kappa shape index (κ1) is 21.6. The van der Waals surface area contributed by atoms with E-state index in [1.165, 1.54) is 0 Å². The maximum absolute atomic E-state index is 13.3. The minimum absolute atomic E-state index is 0.117. The number of benzene rings is 2. The Hall–Kier alpha value is -3.06. The Morgan fingerprint density at radius 1 is 1.07 bits per heavy atom. The second kappa shape index (κ2) is 9.63. The van der Waals surface area contributed by atoms with Crippen LogP contribution in [0.1, 0.15) is 39.9 Å². The average Bonchev–Trinajstić information content (AvgIpc) is 2.78. The number of nitrogens with zero attached hydrogens (tertiary/aromatic N) is 1. The van der Waals surface area contributed by atoms with Gasteiger partial charge in [-0.25, -0.2) is 0 Å². The summed E-state index contributed by atoms with van der Waals surface area (Å²) in [4.78, 5) is 28.0. The number of hydrogen-bond acceptors (Lipinski definition) is 5. The van der Waals surface area contributed by atoms with Crippen LogP contribution in [0.2, 0.25) is 0 Å². The summed E-state index contributed by atoms with van der Waals surface area (Å²) in [5.41, 5.74) is 2.08. The fourth-order valence-electron chi connectivity index (χ4n) is 3.95. The Morgan fingerprint density at radius 3 is 2.50 bits per heavy atom. The van der Waals surface area contributed by atoms with E-state index in [0.717, 1.165) is 11.1 Å². The van der Waals surface area contributed by atoms with E-state index in [0.29, 0.717) is 36.6 Å². The van der Waals surface area contributed by atoms with Gasteiger partial charge >= 0.3 is 0 Å². The average molecular weight is 412 g/mol. The molecule has 2 aromatic rings. The van der Waals surface area contributed by atoms with Gasteiger partial charge in [0.2, 0.25) is 5.91 Å². The van der Waals surface area contributed by atoms with Gasteiger partial charge in [-0.15, -0.1) is 0 Å². The van der Waals surface area contributed by atoms with E-state index in [-0.39, 0.29) is 11.8 Å². The van der Waals surface area contributed by atoms with Gasteiger partial charge in [0.05, 0.1) is 26.2 Å². The maximum atomic E-state index is 13.3. The summed E-state index contributed by atoms with van der Waals surface area (Å²) in [6, 6.07) is 12.3. The number of fused-ring (bicyclic) bond motifs is 1. The summed E-state index contributed by atoms with van der Waals surface area (Å²) in [5, 5.41) is 3.00. The number of amides is 2. The number of methoxy groups -OCH3 is 3. The van der Waals surface area contributed by atoms with Gasteiger partial charge < -0.3 is 24.4 Å². The molecule has 0 aliphatic carbocycles. The zero-order chi connectivity index (χ0) is 21.7. The number of likely N-dealkylation sites (N-methyl/N-ethyl adjacent to an activating group) is 1. The van der Waals surface area contributed by atoms with Gasteiger partial charge in [-0.1, -0.05) is 24.3 Å². The molecule has 0 unspecified atom stereocenters. The SMILES string of the molecule is COCCCNC(=O)[C@@H]1c2ccccc2C(=O)N(C)[C@H]1c1ccc(OC)c(OC)c1. The second-order valence-corrected chi connectivity index (χ2v) is 7.18. The number of carbonyl (C=O) groups excluding carboxylic acids is 2. The molecular weight excluding hydrogens is 384 g/mol. The van der Waals surface area contributed by atoms with Crippen molar-refractivity contribution in [2.75, 3.05) is 41.5 Å². The quantitative estimate of drug-likeness (QED) is 0.675. The number of nitrogens with one attached hydrogen (secondary N) is 1. The van der Waals surface area contributed by atoms with Gasteiger partial charge in [-0.05, 0) is 35.7 Å². The first-order chi connectivity index (χ1) is 14.5. The van der Waals surface area contributed by atoms with Crippen LogP contribution in [0, 0.1) is 0 Å². The molecule has 0 saturated heterocycles. The summed E-state index contributed by atoms with van der Waals surface area (Å²) in [6.45, 7) is 1.07. The molecule has 2 atom stereocenters. The molecule has 30 heavy (non-hydrogen) atoms. The lowest BCUT2D eigenvalue weighted by molar-refractivity contribution is -0.124. The van der Waals surface area contributed by atoms with Crippen molar-refractivity contribution in [2.45, 2.75) is 18.4 Å². The van der Waals surface area contributed by atoms with Crippen LogP contribution in [-0.2, 0) is 9.53 Å². The smallest absolute Gasteiger partial charge is 0.254 e. The molecule has 1 aliphatic heterocycles. The molecule has 0 spiro atoms. The molecule has 7 nitrogen and oxygen atoms in total. The highest BCUT2D eigenvalue weighted by Gasteiger charge is 2.42. The van der Waals surface area contributed by atoms with E-state index in [2.05, 4.69) is 5.32 Å². The highest BCUT2D eigenvalue weighted by molar-refractivity contribution is 6.01. The lowest BCUT2D eigenvalue weighted by atomic mass is 9.79. The normalized spacial score (nSPS) is 18.0. The zero-order valence-electron chi connectivity index (χ0n) is 17.8. The Bertz CT molecular complexity index is 914. The summed E-state index contributed by atoms with van der Waals surface area (Å²) in [5.74, 6) is 0.344. The third kappa shape index (κ3) is 4.11. The molecule has 0 radical (unpaired) electrons. The van der Waals surface area contributed by atoms with Gasteiger partial charge in [-0.3, -0.25) is 9.59 Å². The Labute approximate surface area is 176 Å². The van der Waals surface area contributed by atoms with Gasteiger partial charge in [0.25, 0.3) is 5.91 Å². The lowest BCUT2D eigenvalue weighted by Gasteiger charge is -2.40. The second-order valence-electron chi connectivity index (χ2n) is 7.18. The third-order valence-corrected chi connectivity index (χ3v) is 5.44. The monoisotopic (exact) mass is 412 g/mol. The highest BCUT2D eigenvalue weighted by atomic mass is 16.5. The van der Waals surface area contributed by atoms with Crippen molar-refractivity contribution >= 4 is 11.8 Å². The fraction of sp³-hybridized carbons (Fsp3) is 0.391. The predicted molar refractivity (Wildman–Crippen MR) is 113 cm³/mol. The van der Waals surface area contributed by atoms with E-state index < -0.39 is 12.0 Å². The van der Waals surface area contributed by atoms with Gasteiger partial charge in [0.15, 0.2) is 11.5 Å². The van der Waals surface area contributed by atoms with Crippen molar-refractivity contribution in [1.82, 2.24) is 10.2 Å². The summed E-state index contributed by atoms with van der Waals surface area (Å²) in [6.07, 6.45) is 0.715. The highest BCUT2D eigenvalue weighted by Crippen LogP contribution is 2.43. The van der Waals surface area contributed by atoms with E-state index >= 15 is 0 Å². The van der Waals surface area contributed by atoms with Gasteiger partial charge in [0.1, 0.15) is 0 Å². The molecule has 3 rings (SSSR count). The minimum atomic E-state index is -0.551. The van der Waals surface area contributed by atoms with Gasteiger partial charge in [0, 0.05) is 32.9 Å². The lowest BCUT2D eigenvalue weighted by Crippen LogP contribution is -2.45. The van der Waals surface area contributed by atoms with Crippen molar-refractivity contribution in [3.63, 3.8) is 0 Å². The Balaban J connectivity index is 2.04. The van der Waals surface area contributed by atoms with Crippen LogP contribution in [0.25, 0.3) is 0 Å². The summed E-state index contributed by atoms with van der Waals surface area (Å²) in [7, 11) is 6.49. The first-order valence-corrected chi connectivity index (χ1v) is 9.88. The zero-order valence-corrected chi connectivity index (χ0v) is 17.8. The summed E-state index contributed by atoms with van der Waals surface area (Å²) < 4.78 is 15.8. The molecule has 2 amide bonds. The molecule has 7 heteroatoms. The van der Waals surface area contributed by atoms with E-state index in [9.17, 15) is 9.59 Å². The van der Waals surface area contributed by atoms with E-state index in [1.807, 2.05) is 30.3 Å². The van der Waals surface area contributed by atoms with Crippen LogP contribution < -0.4 is 14.8 Å². The molecule has 1 heterocycles. The molecule has 1 N–H and O–H groups in total. The Morgan fingerprint density at radius 2 is 1.80 bits per heavy atom. The molecule has 0 saturated carbocycles. The van der Waals surface area contributed by atoms with Crippen molar-refractivity contribution in [3.05, 3.63) is 59.2 Å². The van der Waals surface area contributed by atoms with Crippen molar-refractivity contribution in [3.8, 4) is 11.5 Å². The number of ether oxygens (including phenoxy) is 3. The van der Waals surface area contributed by atoms with Gasteiger partial charge in [-0.2, -0.15) is 0 Å².